The van der Waals surface area contributed by atoms with Crippen molar-refractivity contribution in [2.24, 2.45) is 5.92 Å². The molecule has 1 atom stereocenters. The number of amides is 2. The number of rotatable bonds is 15. The van der Waals surface area contributed by atoms with E-state index in [1.807, 2.05) is 32.9 Å². The Kier molecular flexibility index (Phi) is 11.8. The highest BCUT2D eigenvalue weighted by Crippen LogP contribution is 2.33. The van der Waals surface area contributed by atoms with Crippen LogP contribution < -0.4 is 19.1 Å². The van der Waals surface area contributed by atoms with Gasteiger partial charge in [-0.1, -0.05) is 63.2 Å². The molecule has 0 aliphatic rings. The first kappa shape index (κ1) is 32.5. The summed E-state index contributed by atoms with van der Waals surface area (Å²) in [6.07, 6.45) is 0.340. The maximum atomic E-state index is 14.2. The summed E-state index contributed by atoms with van der Waals surface area (Å²) in [5.74, 6) is 0.393. The van der Waals surface area contributed by atoms with Crippen LogP contribution in [0.15, 0.2) is 83.8 Å². The summed E-state index contributed by atoms with van der Waals surface area (Å²) in [6.45, 7) is 7.94. The zero-order valence-corrected chi connectivity index (χ0v) is 25.8. The van der Waals surface area contributed by atoms with E-state index < -0.39 is 28.5 Å². The monoisotopic (exact) mass is 595 g/mol. The van der Waals surface area contributed by atoms with Crippen molar-refractivity contribution in [2.75, 3.05) is 31.1 Å². The smallest absolute Gasteiger partial charge is 0.264 e. The number of hydrogen-bond acceptors (Lipinski definition) is 6. The second kappa shape index (κ2) is 15.3. The molecule has 0 aliphatic heterocycles. The van der Waals surface area contributed by atoms with Crippen molar-refractivity contribution in [3.63, 3.8) is 0 Å². The highest BCUT2D eigenvalue weighted by atomic mass is 32.2. The van der Waals surface area contributed by atoms with Gasteiger partial charge in [-0.3, -0.25) is 13.9 Å². The van der Waals surface area contributed by atoms with Crippen LogP contribution in [-0.4, -0.2) is 58.0 Å². The lowest BCUT2D eigenvalue weighted by Crippen LogP contribution is -2.52. The number of carbonyl (C=O) groups excluding carboxylic acids is 2. The Morgan fingerprint density at radius 1 is 0.905 bits per heavy atom. The van der Waals surface area contributed by atoms with Gasteiger partial charge in [-0.25, -0.2) is 8.42 Å². The van der Waals surface area contributed by atoms with Crippen LogP contribution in [-0.2, 0) is 26.2 Å². The van der Waals surface area contributed by atoms with Gasteiger partial charge in [0.1, 0.15) is 24.1 Å². The van der Waals surface area contributed by atoms with E-state index in [0.29, 0.717) is 31.1 Å². The second-order valence-electron chi connectivity index (χ2n) is 10.2. The standard InChI is InChI=1S/C32H41N3O6S/c1-6-28(32(37)33-21-24(3)4)34(22-25-17-19-26(40-5)20-18-25)31(36)23-35(29-15-11-12-16-30(29)41-7-2)42(38,39)27-13-9-8-10-14-27/h8-20,24,28H,6-7,21-23H2,1-5H3,(H,33,37)/t28-/m0/s1. The molecule has 3 aromatic rings. The fourth-order valence-electron chi connectivity index (χ4n) is 4.44. The zero-order chi connectivity index (χ0) is 30.7. The predicted octanol–water partition coefficient (Wildman–Crippen LogP) is 4.87. The van der Waals surface area contributed by atoms with Crippen LogP contribution in [0.3, 0.4) is 0 Å². The molecule has 0 saturated heterocycles. The minimum absolute atomic E-state index is 0.0347. The molecule has 2 amide bonds. The summed E-state index contributed by atoms with van der Waals surface area (Å²) < 4.78 is 40.2. The highest BCUT2D eigenvalue weighted by molar-refractivity contribution is 7.92. The summed E-state index contributed by atoms with van der Waals surface area (Å²) in [7, 11) is -2.62. The number of anilines is 1. The summed E-state index contributed by atoms with van der Waals surface area (Å²) in [4.78, 5) is 29.1. The third kappa shape index (κ3) is 8.25. The SMILES string of the molecule is CCOc1ccccc1N(CC(=O)N(Cc1ccc(OC)cc1)[C@@H](CC)C(=O)NCC(C)C)S(=O)(=O)c1ccccc1. The molecule has 0 heterocycles. The average molecular weight is 596 g/mol. The molecule has 226 valence electrons. The van der Waals surface area contributed by atoms with Crippen LogP contribution in [0.1, 0.15) is 39.7 Å². The molecule has 0 saturated carbocycles. The molecule has 0 bridgehead atoms. The van der Waals surface area contributed by atoms with Gasteiger partial charge in [0.05, 0.1) is 24.3 Å². The predicted molar refractivity (Wildman–Crippen MR) is 164 cm³/mol. The van der Waals surface area contributed by atoms with Crippen LogP contribution >= 0.6 is 0 Å². The summed E-state index contributed by atoms with van der Waals surface area (Å²) in [5.41, 5.74) is 1.00. The van der Waals surface area contributed by atoms with Gasteiger partial charge in [0.15, 0.2) is 0 Å². The van der Waals surface area contributed by atoms with E-state index in [1.165, 1.54) is 17.0 Å². The number of nitrogens with zero attached hydrogens (tertiary/aromatic N) is 2. The molecule has 3 rings (SSSR count). The number of sulfonamides is 1. The zero-order valence-electron chi connectivity index (χ0n) is 24.9. The molecule has 0 radical (unpaired) electrons. The van der Waals surface area contributed by atoms with Crippen molar-refractivity contribution in [3.05, 3.63) is 84.4 Å². The first-order valence-electron chi connectivity index (χ1n) is 14.1. The Morgan fingerprint density at radius 3 is 2.14 bits per heavy atom. The van der Waals surface area contributed by atoms with Crippen molar-refractivity contribution in [3.8, 4) is 11.5 Å². The summed E-state index contributed by atoms with van der Waals surface area (Å²) in [5, 5.41) is 2.93. The van der Waals surface area contributed by atoms with Gasteiger partial charge in [-0.2, -0.15) is 0 Å². The van der Waals surface area contributed by atoms with Gasteiger partial charge in [0, 0.05) is 13.1 Å². The highest BCUT2D eigenvalue weighted by Gasteiger charge is 2.34. The lowest BCUT2D eigenvalue weighted by atomic mass is 10.1. The fraction of sp³-hybridized carbons (Fsp3) is 0.375. The minimum Gasteiger partial charge on any atom is -0.497 e. The van der Waals surface area contributed by atoms with Crippen LogP contribution in [0, 0.1) is 5.92 Å². The van der Waals surface area contributed by atoms with Crippen LogP contribution in [0.4, 0.5) is 5.69 Å². The largest absolute Gasteiger partial charge is 0.497 e. The first-order valence-corrected chi connectivity index (χ1v) is 15.6. The third-order valence-corrected chi connectivity index (χ3v) is 8.40. The van der Waals surface area contributed by atoms with Gasteiger partial charge in [0.25, 0.3) is 10.0 Å². The first-order chi connectivity index (χ1) is 20.1. The van der Waals surface area contributed by atoms with Crippen molar-refractivity contribution in [1.29, 1.82) is 0 Å². The van der Waals surface area contributed by atoms with E-state index in [-0.39, 0.29) is 29.0 Å². The molecule has 1 N–H and O–H groups in total. The van der Waals surface area contributed by atoms with Gasteiger partial charge in [0.2, 0.25) is 11.8 Å². The molecule has 0 aromatic heterocycles. The average Bonchev–Trinajstić information content (AvgIpc) is 2.99. The number of methoxy groups -OCH3 is 1. The third-order valence-electron chi connectivity index (χ3n) is 6.63. The van der Waals surface area contributed by atoms with Gasteiger partial charge < -0.3 is 19.7 Å². The maximum absolute atomic E-state index is 14.2. The molecule has 3 aromatic carbocycles. The van der Waals surface area contributed by atoms with Crippen molar-refractivity contribution >= 4 is 27.5 Å². The lowest BCUT2D eigenvalue weighted by molar-refractivity contribution is -0.140. The van der Waals surface area contributed by atoms with Gasteiger partial charge in [-0.05, 0) is 61.2 Å². The Hall–Kier alpha value is -4.05. The minimum atomic E-state index is -4.19. The van der Waals surface area contributed by atoms with E-state index in [9.17, 15) is 18.0 Å². The van der Waals surface area contributed by atoms with E-state index in [4.69, 9.17) is 9.47 Å². The molecule has 42 heavy (non-hydrogen) atoms. The number of carbonyl (C=O) groups is 2. The molecule has 0 unspecified atom stereocenters. The van der Waals surface area contributed by atoms with Crippen LogP contribution in [0.2, 0.25) is 0 Å². The van der Waals surface area contributed by atoms with Crippen molar-refractivity contribution in [2.45, 2.75) is 51.6 Å². The van der Waals surface area contributed by atoms with Gasteiger partial charge >= 0.3 is 0 Å². The van der Waals surface area contributed by atoms with Crippen molar-refractivity contribution < 1.29 is 27.5 Å². The van der Waals surface area contributed by atoms with Crippen molar-refractivity contribution in [1.82, 2.24) is 10.2 Å². The summed E-state index contributed by atoms with van der Waals surface area (Å²) >= 11 is 0. The number of benzene rings is 3. The van der Waals surface area contributed by atoms with E-state index in [0.717, 1.165) is 9.87 Å². The number of hydrogen-bond donors (Lipinski definition) is 1. The molecule has 0 aliphatic carbocycles. The number of ether oxygens (including phenoxy) is 2. The molecule has 9 nitrogen and oxygen atoms in total. The quantitative estimate of drug-likeness (QED) is 0.269. The Morgan fingerprint density at radius 2 is 1.55 bits per heavy atom. The fourth-order valence-corrected chi connectivity index (χ4v) is 5.89. The topological polar surface area (TPSA) is 105 Å². The summed E-state index contributed by atoms with van der Waals surface area (Å²) in [6, 6.07) is 21.0. The molecule has 0 fully saturated rings. The second-order valence-corrected chi connectivity index (χ2v) is 12.0. The normalized spacial score (nSPS) is 12.0. The lowest BCUT2D eigenvalue weighted by Gasteiger charge is -2.33. The van der Waals surface area contributed by atoms with Gasteiger partial charge in [-0.15, -0.1) is 0 Å². The Balaban J connectivity index is 2.08. The number of nitrogens with one attached hydrogen (secondary N) is 1. The van der Waals surface area contributed by atoms with E-state index in [2.05, 4.69) is 5.32 Å². The molecule has 0 spiro atoms. The van der Waals surface area contributed by atoms with E-state index in [1.54, 1.807) is 68.6 Å². The van der Waals surface area contributed by atoms with Crippen LogP contribution in [0.25, 0.3) is 0 Å². The Bertz CT molecular complexity index is 1410. The number of para-hydroxylation sites is 2. The van der Waals surface area contributed by atoms with E-state index >= 15 is 0 Å². The molecule has 10 heteroatoms. The van der Waals surface area contributed by atoms with Crippen LogP contribution in [0.5, 0.6) is 11.5 Å². The Labute approximate surface area is 249 Å². The molecular weight excluding hydrogens is 554 g/mol. The molecular formula is C32H41N3O6S. The maximum Gasteiger partial charge on any atom is 0.264 e.